The molecule has 7 heteroatoms. The highest BCUT2D eigenvalue weighted by Crippen LogP contribution is 2.38. The van der Waals surface area contributed by atoms with Crippen LogP contribution in [-0.2, 0) is 11.8 Å². The molecule has 1 saturated heterocycles. The quantitative estimate of drug-likeness (QED) is 0.682. The Morgan fingerprint density at radius 2 is 2.14 bits per heavy atom. The lowest BCUT2D eigenvalue weighted by atomic mass is 9.98. The number of nitrogens with zero attached hydrogens (tertiary/aromatic N) is 5. The summed E-state index contributed by atoms with van der Waals surface area (Å²) < 4.78 is 3.05. The summed E-state index contributed by atoms with van der Waals surface area (Å²) in [5, 5.41) is 5.07. The Balaban J connectivity index is 1.33. The Hall–Kier alpha value is -2.51. The molecule has 2 aliphatic heterocycles. The summed E-state index contributed by atoms with van der Waals surface area (Å²) in [5.41, 5.74) is 3.49. The van der Waals surface area contributed by atoms with Crippen LogP contribution in [0.5, 0.6) is 0 Å². The number of carbonyl (C=O) groups is 1. The van der Waals surface area contributed by atoms with E-state index < -0.39 is 0 Å². The minimum atomic E-state index is 0.105. The van der Waals surface area contributed by atoms with E-state index >= 15 is 0 Å². The monoisotopic (exact) mass is 393 g/mol. The molecule has 4 heterocycles. The molecule has 3 aromatic rings. The minimum Gasteiger partial charge on any atom is -0.290 e. The lowest BCUT2D eigenvalue weighted by Gasteiger charge is -2.34. The Labute approximate surface area is 168 Å². The summed E-state index contributed by atoms with van der Waals surface area (Å²) in [6.45, 7) is 0.441. The molecule has 2 aromatic heterocycles. The molecular weight excluding hydrogens is 370 g/mol. The fourth-order valence-electron chi connectivity index (χ4n) is 4.42. The number of rotatable bonds is 4. The zero-order chi connectivity index (χ0) is 19.3. The first kappa shape index (κ1) is 17.6. The van der Waals surface area contributed by atoms with Crippen LogP contribution >= 0.6 is 11.3 Å². The van der Waals surface area contributed by atoms with Crippen molar-refractivity contribution in [3.63, 3.8) is 0 Å². The first-order chi connectivity index (χ1) is 13.6. The maximum Gasteiger partial charge on any atom is 0.242 e. The molecule has 0 N–H and O–H groups in total. The highest BCUT2D eigenvalue weighted by atomic mass is 32.1. The number of amides is 1. The average Bonchev–Trinajstić information content (AvgIpc) is 3.37. The van der Waals surface area contributed by atoms with Crippen molar-refractivity contribution < 1.29 is 4.79 Å². The van der Waals surface area contributed by atoms with Gasteiger partial charge in [-0.15, -0.1) is 0 Å². The largest absolute Gasteiger partial charge is 0.290 e. The molecule has 2 aliphatic rings. The number of hydrogen-bond donors (Lipinski definition) is 0. The number of fused-ring (bicyclic) bond motifs is 3. The van der Waals surface area contributed by atoms with E-state index in [0.29, 0.717) is 18.6 Å². The van der Waals surface area contributed by atoms with E-state index in [4.69, 9.17) is 0 Å². The van der Waals surface area contributed by atoms with Crippen molar-refractivity contribution in [2.24, 2.45) is 7.05 Å². The molecule has 1 fully saturated rings. The first-order valence-electron chi connectivity index (χ1n) is 9.67. The molecule has 1 aromatic carbocycles. The van der Waals surface area contributed by atoms with Gasteiger partial charge in [0.2, 0.25) is 5.91 Å². The molecular formula is C21H23N5OS. The van der Waals surface area contributed by atoms with Gasteiger partial charge < -0.3 is 0 Å². The molecule has 5 rings (SSSR count). The van der Waals surface area contributed by atoms with Gasteiger partial charge in [-0.3, -0.25) is 19.3 Å². The Morgan fingerprint density at radius 3 is 2.89 bits per heavy atom. The molecule has 1 amide bonds. The topological polar surface area (TPSA) is 54.3 Å². The summed E-state index contributed by atoms with van der Waals surface area (Å²) in [6.07, 6.45) is 7.42. The van der Waals surface area contributed by atoms with Crippen molar-refractivity contribution in [3.05, 3.63) is 48.3 Å². The van der Waals surface area contributed by atoms with Crippen LogP contribution in [0.25, 0.3) is 15.8 Å². The lowest BCUT2D eigenvalue weighted by Crippen LogP contribution is -2.45. The fraction of sp³-hybridized carbons (Fsp3) is 0.381. The van der Waals surface area contributed by atoms with E-state index in [2.05, 4.69) is 27.1 Å². The molecule has 6 nitrogen and oxygen atoms in total. The van der Waals surface area contributed by atoms with Gasteiger partial charge >= 0.3 is 0 Å². The molecule has 0 saturated carbocycles. The molecule has 0 spiro atoms. The molecule has 2 bridgehead atoms. The van der Waals surface area contributed by atoms with Crippen LogP contribution in [0.4, 0.5) is 5.13 Å². The van der Waals surface area contributed by atoms with E-state index in [1.807, 2.05) is 49.2 Å². The third-order valence-electron chi connectivity index (χ3n) is 5.95. The number of hydrogen-bond acceptors (Lipinski definition) is 5. The van der Waals surface area contributed by atoms with Gasteiger partial charge in [-0.2, -0.15) is 5.10 Å². The van der Waals surface area contributed by atoms with E-state index in [1.165, 1.54) is 11.3 Å². The van der Waals surface area contributed by atoms with Gasteiger partial charge in [0, 0.05) is 32.4 Å². The SMILES string of the molecule is CN(C(=O)CN1C2C=C(c3ccnn3C)CC1CC2)c1nc2ccccc2s1. The highest BCUT2D eigenvalue weighted by Gasteiger charge is 2.38. The van der Waals surface area contributed by atoms with Gasteiger partial charge in [-0.05, 0) is 43.0 Å². The van der Waals surface area contributed by atoms with Crippen molar-refractivity contribution >= 4 is 38.2 Å². The van der Waals surface area contributed by atoms with Crippen molar-refractivity contribution in [1.82, 2.24) is 19.7 Å². The Morgan fingerprint density at radius 1 is 1.29 bits per heavy atom. The van der Waals surface area contributed by atoms with Gasteiger partial charge in [-0.25, -0.2) is 4.98 Å². The van der Waals surface area contributed by atoms with Crippen LogP contribution in [0.1, 0.15) is 25.0 Å². The minimum absolute atomic E-state index is 0.105. The van der Waals surface area contributed by atoms with Crippen LogP contribution in [0, 0.1) is 0 Å². The zero-order valence-electron chi connectivity index (χ0n) is 16.1. The second-order valence-electron chi connectivity index (χ2n) is 7.62. The number of aromatic nitrogens is 3. The fourth-order valence-corrected chi connectivity index (χ4v) is 5.36. The van der Waals surface area contributed by atoms with Crippen molar-refractivity contribution in [1.29, 1.82) is 0 Å². The molecule has 144 valence electrons. The van der Waals surface area contributed by atoms with Crippen molar-refractivity contribution in [2.45, 2.75) is 31.3 Å². The maximum absolute atomic E-state index is 13.0. The van der Waals surface area contributed by atoms with E-state index in [-0.39, 0.29) is 5.91 Å². The smallest absolute Gasteiger partial charge is 0.242 e. The molecule has 2 atom stereocenters. The standard InChI is InChI=1S/C21H23N5OS/c1-24(21-23-17-5-3-4-6-19(17)28-21)20(27)13-26-15-7-8-16(26)12-14(11-15)18-9-10-22-25(18)2/h3-6,9-11,15-16H,7-8,12-13H2,1-2H3. The summed E-state index contributed by atoms with van der Waals surface area (Å²) in [5.74, 6) is 0.105. The van der Waals surface area contributed by atoms with Gasteiger partial charge in [0.1, 0.15) is 0 Å². The Bertz CT molecular complexity index is 1030. The predicted molar refractivity (Wildman–Crippen MR) is 112 cm³/mol. The third-order valence-corrected chi connectivity index (χ3v) is 7.06. The molecule has 0 aliphatic carbocycles. The van der Waals surface area contributed by atoms with Gasteiger partial charge in [0.05, 0.1) is 22.5 Å². The summed E-state index contributed by atoms with van der Waals surface area (Å²) in [4.78, 5) is 21.7. The van der Waals surface area contributed by atoms with E-state index in [1.54, 1.807) is 16.2 Å². The van der Waals surface area contributed by atoms with E-state index in [9.17, 15) is 4.79 Å². The van der Waals surface area contributed by atoms with Crippen LogP contribution in [0.3, 0.4) is 0 Å². The normalized spacial score (nSPS) is 21.9. The molecule has 0 radical (unpaired) electrons. The third kappa shape index (κ3) is 2.95. The number of carbonyl (C=O) groups excluding carboxylic acids is 1. The second-order valence-corrected chi connectivity index (χ2v) is 8.63. The highest BCUT2D eigenvalue weighted by molar-refractivity contribution is 7.22. The average molecular weight is 394 g/mol. The van der Waals surface area contributed by atoms with Crippen molar-refractivity contribution in [3.8, 4) is 0 Å². The van der Waals surface area contributed by atoms with E-state index in [0.717, 1.165) is 34.6 Å². The van der Waals surface area contributed by atoms with Crippen molar-refractivity contribution in [2.75, 3.05) is 18.5 Å². The molecule has 28 heavy (non-hydrogen) atoms. The maximum atomic E-state index is 13.0. The van der Waals surface area contributed by atoms with Gasteiger partial charge in [-0.1, -0.05) is 29.5 Å². The first-order valence-corrected chi connectivity index (χ1v) is 10.5. The summed E-state index contributed by atoms with van der Waals surface area (Å²) >= 11 is 1.57. The lowest BCUT2D eigenvalue weighted by molar-refractivity contribution is -0.120. The van der Waals surface area contributed by atoms with Crippen LogP contribution in [0.15, 0.2) is 42.6 Å². The van der Waals surface area contributed by atoms with Gasteiger partial charge in [0.15, 0.2) is 5.13 Å². The predicted octanol–water partition coefficient (Wildman–Crippen LogP) is 3.31. The number of para-hydroxylation sites is 1. The molecule has 2 unspecified atom stereocenters. The second kappa shape index (κ2) is 6.83. The number of aryl methyl sites for hydroxylation is 1. The zero-order valence-corrected chi connectivity index (χ0v) is 16.9. The summed E-state index contributed by atoms with van der Waals surface area (Å²) in [7, 11) is 3.82. The van der Waals surface area contributed by atoms with Crippen LogP contribution < -0.4 is 4.90 Å². The number of thiazole rings is 1. The van der Waals surface area contributed by atoms with Gasteiger partial charge in [0.25, 0.3) is 0 Å². The summed E-state index contributed by atoms with van der Waals surface area (Å²) in [6, 6.07) is 10.8. The van der Waals surface area contributed by atoms with Crippen LogP contribution in [-0.4, -0.2) is 51.2 Å². The number of anilines is 1. The number of likely N-dealkylation sites (N-methyl/N-ethyl adjacent to an activating group) is 1. The Kier molecular flexibility index (Phi) is 4.29. The van der Waals surface area contributed by atoms with Crippen LogP contribution in [0.2, 0.25) is 0 Å². The number of benzene rings is 1.